The standard InChI is InChI=1S/C21H28N2O6S/c1-15(2)29-17-7-5-16(6-8-17)14-22-21(24)11-12-23-30(25,26)18-9-10-19(27-3)20(13-18)28-4/h5-10,13,15,23H,11-12,14H2,1-4H3,(H,22,24). The largest absolute Gasteiger partial charge is 0.493 e. The Kier molecular flexibility index (Phi) is 8.49. The number of nitrogens with one attached hydrogen (secondary N) is 2. The molecule has 0 saturated heterocycles. The highest BCUT2D eigenvalue weighted by Crippen LogP contribution is 2.29. The number of hydrogen-bond acceptors (Lipinski definition) is 6. The van der Waals surface area contributed by atoms with Crippen molar-refractivity contribution < 1.29 is 27.4 Å². The van der Waals surface area contributed by atoms with E-state index in [0.29, 0.717) is 18.0 Å². The summed E-state index contributed by atoms with van der Waals surface area (Å²) in [5.41, 5.74) is 0.922. The number of rotatable bonds is 11. The van der Waals surface area contributed by atoms with Gasteiger partial charge in [0.05, 0.1) is 25.2 Å². The van der Waals surface area contributed by atoms with Crippen molar-refractivity contribution in [3.8, 4) is 17.2 Å². The van der Waals surface area contributed by atoms with E-state index in [4.69, 9.17) is 14.2 Å². The van der Waals surface area contributed by atoms with Crippen LogP contribution in [-0.2, 0) is 21.4 Å². The molecule has 30 heavy (non-hydrogen) atoms. The topological polar surface area (TPSA) is 103 Å². The SMILES string of the molecule is COc1ccc(S(=O)(=O)NCCC(=O)NCc2ccc(OC(C)C)cc2)cc1OC. The average molecular weight is 437 g/mol. The molecule has 2 aromatic carbocycles. The highest BCUT2D eigenvalue weighted by molar-refractivity contribution is 7.89. The molecule has 164 valence electrons. The molecule has 0 unspecified atom stereocenters. The second-order valence-electron chi connectivity index (χ2n) is 6.75. The quantitative estimate of drug-likeness (QED) is 0.561. The van der Waals surface area contributed by atoms with Crippen molar-refractivity contribution in [2.75, 3.05) is 20.8 Å². The van der Waals surface area contributed by atoms with Crippen LogP contribution in [0.2, 0.25) is 0 Å². The molecule has 0 bridgehead atoms. The fourth-order valence-corrected chi connectivity index (χ4v) is 3.66. The third kappa shape index (κ3) is 6.93. The number of amides is 1. The van der Waals surface area contributed by atoms with Gasteiger partial charge in [0.15, 0.2) is 11.5 Å². The van der Waals surface area contributed by atoms with E-state index < -0.39 is 10.0 Å². The molecule has 0 fully saturated rings. The minimum atomic E-state index is -3.77. The molecule has 2 rings (SSSR count). The summed E-state index contributed by atoms with van der Waals surface area (Å²) in [6.07, 6.45) is 0.111. The molecule has 0 aliphatic rings. The molecule has 1 amide bonds. The second kappa shape index (κ2) is 10.8. The summed E-state index contributed by atoms with van der Waals surface area (Å²) < 4.78 is 43.1. The summed E-state index contributed by atoms with van der Waals surface area (Å²) in [5.74, 6) is 1.25. The van der Waals surface area contributed by atoms with E-state index >= 15 is 0 Å². The lowest BCUT2D eigenvalue weighted by Crippen LogP contribution is -2.30. The van der Waals surface area contributed by atoms with E-state index in [1.807, 2.05) is 38.1 Å². The number of carbonyl (C=O) groups is 1. The Morgan fingerprint density at radius 1 is 1.00 bits per heavy atom. The van der Waals surface area contributed by atoms with Crippen molar-refractivity contribution >= 4 is 15.9 Å². The number of methoxy groups -OCH3 is 2. The van der Waals surface area contributed by atoms with E-state index in [1.54, 1.807) is 0 Å². The van der Waals surface area contributed by atoms with Gasteiger partial charge in [0, 0.05) is 25.6 Å². The van der Waals surface area contributed by atoms with E-state index in [0.717, 1.165) is 11.3 Å². The van der Waals surface area contributed by atoms with Crippen LogP contribution in [0.15, 0.2) is 47.4 Å². The van der Waals surface area contributed by atoms with Gasteiger partial charge in [-0.1, -0.05) is 12.1 Å². The summed E-state index contributed by atoms with van der Waals surface area (Å²) in [7, 11) is -0.878. The third-order valence-corrected chi connectivity index (χ3v) is 5.55. The van der Waals surface area contributed by atoms with Gasteiger partial charge in [-0.3, -0.25) is 4.79 Å². The van der Waals surface area contributed by atoms with Gasteiger partial charge >= 0.3 is 0 Å². The number of benzene rings is 2. The molecule has 0 spiro atoms. The summed E-state index contributed by atoms with van der Waals surface area (Å²) in [6.45, 7) is 4.23. The number of hydrogen-bond donors (Lipinski definition) is 2. The molecule has 0 radical (unpaired) electrons. The van der Waals surface area contributed by atoms with Crippen LogP contribution in [0.3, 0.4) is 0 Å². The van der Waals surface area contributed by atoms with Crippen LogP contribution in [0.4, 0.5) is 0 Å². The fraction of sp³-hybridized carbons (Fsp3) is 0.381. The van der Waals surface area contributed by atoms with Gasteiger partial charge in [0.1, 0.15) is 5.75 Å². The summed E-state index contributed by atoms with van der Waals surface area (Å²) in [4.78, 5) is 12.1. The lowest BCUT2D eigenvalue weighted by Gasteiger charge is -2.11. The van der Waals surface area contributed by atoms with E-state index in [-0.39, 0.29) is 29.9 Å². The summed E-state index contributed by atoms with van der Waals surface area (Å²) in [6, 6.07) is 11.7. The van der Waals surface area contributed by atoms with Gasteiger partial charge in [0.25, 0.3) is 0 Å². The lowest BCUT2D eigenvalue weighted by atomic mass is 10.2. The predicted molar refractivity (Wildman–Crippen MR) is 113 cm³/mol. The van der Waals surface area contributed by atoms with Gasteiger partial charge in [-0.15, -0.1) is 0 Å². The smallest absolute Gasteiger partial charge is 0.240 e. The van der Waals surface area contributed by atoms with Crippen LogP contribution in [0.1, 0.15) is 25.8 Å². The first-order valence-electron chi connectivity index (χ1n) is 9.49. The Labute approximate surface area is 177 Å². The number of carbonyl (C=O) groups excluding carboxylic acids is 1. The maximum atomic E-state index is 12.4. The number of sulfonamides is 1. The normalized spacial score (nSPS) is 11.2. The molecule has 2 aromatic rings. The molecule has 0 aromatic heterocycles. The molecule has 0 aliphatic heterocycles. The molecular weight excluding hydrogens is 408 g/mol. The molecule has 0 heterocycles. The zero-order valence-corrected chi connectivity index (χ0v) is 18.4. The van der Waals surface area contributed by atoms with Gasteiger partial charge in [-0.25, -0.2) is 13.1 Å². The summed E-state index contributed by atoms with van der Waals surface area (Å²) >= 11 is 0. The van der Waals surface area contributed by atoms with Crippen LogP contribution in [0.5, 0.6) is 17.2 Å². The summed E-state index contributed by atoms with van der Waals surface area (Å²) in [5, 5.41) is 2.77. The Bertz CT molecular complexity index is 942. The van der Waals surface area contributed by atoms with Crippen LogP contribution < -0.4 is 24.2 Å². The molecule has 2 N–H and O–H groups in total. The predicted octanol–water partition coefficient (Wildman–Crippen LogP) is 2.48. The van der Waals surface area contributed by atoms with Crippen LogP contribution in [0.25, 0.3) is 0 Å². The minimum absolute atomic E-state index is 0.0149. The molecule has 8 nitrogen and oxygen atoms in total. The van der Waals surface area contributed by atoms with Crippen molar-refractivity contribution in [2.24, 2.45) is 0 Å². The third-order valence-electron chi connectivity index (χ3n) is 4.09. The van der Waals surface area contributed by atoms with Crippen molar-refractivity contribution in [1.29, 1.82) is 0 Å². The minimum Gasteiger partial charge on any atom is -0.493 e. The van der Waals surface area contributed by atoms with Gasteiger partial charge in [-0.05, 0) is 43.7 Å². The van der Waals surface area contributed by atoms with Crippen molar-refractivity contribution in [3.63, 3.8) is 0 Å². The highest BCUT2D eigenvalue weighted by Gasteiger charge is 2.17. The zero-order chi connectivity index (χ0) is 22.1. The zero-order valence-electron chi connectivity index (χ0n) is 17.6. The van der Waals surface area contributed by atoms with E-state index in [2.05, 4.69) is 10.0 Å². The highest BCUT2D eigenvalue weighted by atomic mass is 32.2. The first-order valence-corrected chi connectivity index (χ1v) is 11.0. The Hall–Kier alpha value is -2.78. The van der Waals surface area contributed by atoms with Crippen LogP contribution in [-0.4, -0.2) is 41.2 Å². The Balaban J connectivity index is 1.82. The average Bonchev–Trinajstić information content (AvgIpc) is 2.72. The fourth-order valence-electron chi connectivity index (χ4n) is 2.61. The molecule has 0 atom stereocenters. The van der Waals surface area contributed by atoms with Gasteiger partial charge < -0.3 is 19.5 Å². The first kappa shape index (κ1) is 23.5. The van der Waals surface area contributed by atoms with Crippen LogP contribution >= 0.6 is 0 Å². The maximum absolute atomic E-state index is 12.4. The Morgan fingerprint density at radius 3 is 2.27 bits per heavy atom. The molecule has 0 saturated carbocycles. The first-order chi connectivity index (χ1) is 14.2. The van der Waals surface area contributed by atoms with Crippen molar-refractivity contribution in [2.45, 2.75) is 37.8 Å². The lowest BCUT2D eigenvalue weighted by molar-refractivity contribution is -0.121. The van der Waals surface area contributed by atoms with Crippen LogP contribution in [0, 0.1) is 0 Å². The van der Waals surface area contributed by atoms with Crippen molar-refractivity contribution in [3.05, 3.63) is 48.0 Å². The molecular formula is C21H28N2O6S. The molecule has 0 aliphatic carbocycles. The monoisotopic (exact) mass is 436 g/mol. The number of ether oxygens (including phenoxy) is 3. The van der Waals surface area contributed by atoms with Crippen molar-refractivity contribution in [1.82, 2.24) is 10.0 Å². The molecule has 9 heteroatoms. The van der Waals surface area contributed by atoms with E-state index in [1.165, 1.54) is 32.4 Å². The van der Waals surface area contributed by atoms with E-state index in [9.17, 15) is 13.2 Å². The maximum Gasteiger partial charge on any atom is 0.240 e. The van der Waals surface area contributed by atoms with Gasteiger partial charge in [-0.2, -0.15) is 0 Å². The second-order valence-corrected chi connectivity index (χ2v) is 8.52. The van der Waals surface area contributed by atoms with Gasteiger partial charge in [0.2, 0.25) is 15.9 Å². The Morgan fingerprint density at radius 2 is 1.67 bits per heavy atom.